The minimum Gasteiger partial charge on any atom is -0.345 e. The Morgan fingerprint density at radius 2 is 2.00 bits per heavy atom. The van der Waals surface area contributed by atoms with Crippen LogP contribution in [-0.4, -0.2) is 9.97 Å². The maximum Gasteiger partial charge on any atom is 0.275 e. The fraction of sp³-hybridized carbons (Fsp3) is 0.250. The highest BCUT2D eigenvalue weighted by atomic mass is 32.2. The van der Waals surface area contributed by atoms with Crippen LogP contribution in [0.25, 0.3) is 0 Å². The molecule has 1 aromatic heterocycles. The number of benzene rings is 1. The molecule has 0 fully saturated rings. The van der Waals surface area contributed by atoms with Crippen molar-refractivity contribution in [2.75, 3.05) is 5.32 Å². The molecule has 7 heteroatoms. The Bertz CT molecular complexity index is 840. The normalized spacial score (nSPS) is 16.5. The van der Waals surface area contributed by atoms with Gasteiger partial charge in [0.05, 0.1) is 5.03 Å². The van der Waals surface area contributed by atoms with E-state index in [-0.39, 0.29) is 11.4 Å². The zero-order valence-electron chi connectivity index (χ0n) is 12.3. The Morgan fingerprint density at radius 1 is 1.22 bits per heavy atom. The predicted molar refractivity (Wildman–Crippen MR) is 94.6 cm³/mol. The predicted octanol–water partition coefficient (Wildman–Crippen LogP) is 4.09. The molecule has 0 unspecified atom stereocenters. The van der Waals surface area contributed by atoms with E-state index in [1.165, 1.54) is 12.1 Å². The van der Waals surface area contributed by atoms with Gasteiger partial charge < -0.3 is 10.3 Å². The molecule has 2 heterocycles. The summed E-state index contributed by atoms with van der Waals surface area (Å²) in [6, 6.07) is 6.44. The summed E-state index contributed by atoms with van der Waals surface area (Å²) in [4.78, 5) is 17.8. The first-order valence-corrected chi connectivity index (χ1v) is 8.71. The highest BCUT2D eigenvalue weighted by Crippen LogP contribution is 2.26. The molecule has 0 radical (unpaired) electrons. The van der Waals surface area contributed by atoms with Gasteiger partial charge in [-0.3, -0.25) is 9.78 Å². The molecule has 3 N–H and O–H groups in total. The van der Waals surface area contributed by atoms with E-state index in [2.05, 4.69) is 21.4 Å². The molecular weight excluding hydrogens is 333 g/mol. The smallest absolute Gasteiger partial charge is 0.275 e. The second kappa shape index (κ2) is 7.14. The number of rotatable bonds is 3. The van der Waals surface area contributed by atoms with E-state index in [9.17, 15) is 9.18 Å². The third kappa shape index (κ3) is 4.11. The summed E-state index contributed by atoms with van der Waals surface area (Å²) in [5.41, 5.74) is 2.18. The van der Waals surface area contributed by atoms with Crippen molar-refractivity contribution >= 4 is 29.7 Å². The Kier molecular flexibility index (Phi) is 4.97. The highest BCUT2D eigenvalue weighted by molar-refractivity contribution is 8.02. The van der Waals surface area contributed by atoms with Gasteiger partial charge in [-0.05, 0) is 49.2 Å². The lowest BCUT2D eigenvalue weighted by molar-refractivity contribution is 0.627. The SMILES string of the molecule is O=c1[nH]c(=S)[nH]c2c1N/C(SCc1ccc(F)cc1)=C/CCC2. The quantitative estimate of drug-likeness (QED) is 0.730. The lowest BCUT2D eigenvalue weighted by Crippen LogP contribution is -2.19. The van der Waals surface area contributed by atoms with Crippen LogP contribution >= 0.6 is 24.0 Å². The van der Waals surface area contributed by atoms with Gasteiger partial charge in [0.2, 0.25) is 0 Å². The van der Waals surface area contributed by atoms with Crippen LogP contribution in [0.3, 0.4) is 0 Å². The first-order chi connectivity index (χ1) is 11.1. The fourth-order valence-electron chi connectivity index (χ4n) is 2.38. The molecule has 0 bridgehead atoms. The van der Waals surface area contributed by atoms with Crippen molar-refractivity contribution in [1.29, 1.82) is 0 Å². The topological polar surface area (TPSA) is 60.7 Å². The maximum absolute atomic E-state index is 12.9. The fourth-order valence-corrected chi connectivity index (χ4v) is 3.52. The van der Waals surface area contributed by atoms with Crippen LogP contribution in [0.5, 0.6) is 0 Å². The molecule has 0 aliphatic carbocycles. The average molecular weight is 349 g/mol. The number of thioether (sulfide) groups is 1. The van der Waals surface area contributed by atoms with Crippen molar-refractivity contribution in [2.45, 2.75) is 25.0 Å². The Balaban J connectivity index is 1.78. The number of allylic oxidation sites excluding steroid dienone is 1. The standard InChI is InChI=1S/C16H16FN3OS2/c17-11-7-5-10(6-8-11)9-23-13-4-2-1-3-12-14(19-13)15(21)20-16(22)18-12/h4-8,19H,1-3,9H2,(H2,18,20,21,22)/b13-4-. The largest absolute Gasteiger partial charge is 0.345 e. The molecule has 0 saturated carbocycles. The van der Waals surface area contributed by atoms with Gasteiger partial charge in [-0.1, -0.05) is 18.2 Å². The first-order valence-electron chi connectivity index (χ1n) is 7.32. The van der Waals surface area contributed by atoms with E-state index in [0.717, 1.165) is 35.5 Å². The van der Waals surface area contributed by atoms with Gasteiger partial charge in [0.15, 0.2) is 4.77 Å². The van der Waals surface area contributed by atoms with E-state index in [1.54, 1.807) is 23.9 Å². The third-order valence-electron chi connectivity index (χ3n) is 3.54. The van der Waals surface area contributed by atoms with Crippen molar-refractivity contribution in [1.82, 2.24) is 9.97 Å². The third-order valence-corrected chi connectivity index (χ3v) is 4.80. The summed E-state index contributed by atoms with van der Waals surface area (Å²) in [7, 11) is 0. The van der Waals surface area contributed by atoms with Gasteiger partial charge in [0, 0.05) is 11.4 Å². The molecule has 1 aliphatic heterocycles. The molecule has 120 valence electrons. The molecule has 0 amide bonds. The monoisotopic (exact) mass is 349 g/mol. The molecule has 23 heavy (non-hydrogen) atoms. The zero-order valence-corrected chi connectivity index (χ0v) is 14.0. The van der Waals surface area contributed by atoms with Crippen molar-refractivity contribution < 1.29 is 4.39 Å². The van der Waals surface area contributed by atoms with Gasteiger partial charge in [-0.15, -0.1) is 11.8 Å². The van der Waals surface area contributed by atoms with Crippen molar-refractivity contribution in [3.63, 3.8) is 0 Å². The van der Waals surface area contributed by atoms with E-state index in [1.807, 2.05) is 0 Å². The van der Waals surface area contributed by atoms with Gasteiger partial charge in [0.25, 0.3) is 5.56 Å². The summed E-state index contributed by atoms with van der Waals surface area (Å²) >= 11 is 6.62. The van der Waals surface area contributed by atoms with Crippen LogP contribution in [0, 0.1) is 10.6 Å². The Labute approximate surface area is 142 Å². The van der Waals surface area contributed by atoms with E-state index < -0.39 is 0 Å². The summed E-state index contributed by atoms with van der Waals surface area (Å²) < 4.78 is 13.3. The molecule has 0 saturated heterocycles. The zero-order chi connectivity index (χ0) is 16.2. The molecule has 0 spiro atoms. The average Bonchev–Trinajstić information content (AvgIpc) is 2.50. The van der Waals surface area contributed by atoms with Crippen LogP contribution in [0.2, 0.25) is 0 Å². The van der Waals surface area contributed by atoms with Gasteiger partial charge in [-0.25, -0.2) is 4.39 Å². The number of aromatic amines is 2. The number of anilines is 1. The lowest BCUT2D eigenvalue weighted by Gasteiger charge is -2.16. The Morgan fingerprint density at radius 3 is 2.78 bits per heavy atom. The maximum atomic E-state index is 12.9. The van der Waals surface area contributed by atoms with Crippen LogP contribution in [0.15, 0.2) is 40.2 Å². The number of hydrogen-bond donors (Lipinski definition) is 3. The molecular formula is C16H16FN3OS2. The first kappa shape index (κ1) is 16.0. The number of H-pyrrole nitrogens is 2. The number of hydrogen-bond acceptors (Lipinski definition) is 4. The molecule has 1 aliphatic rings. The molecule has 4 nitrogen and oxygen atoms in total. The summed E-state index contributed by atoms with van der Waals surface area (Å²) in [5.74, 6) is 0.465. The minimum absolute atomic E-state index is 0.209. The van der Waals surface area contributed by atoms with E-state index >= 15 is 0 Å². The van der Waals surface area contributed by atoms with Crippen LogP contribution in [0.4, 0.5) is 10.1 Å². The van der Waals surface area contributed by atoms with Crippen molar-refractivity contribution in [3.05, 3.63) is 67.6 Å². The number of halogens is 1. The molecule has 1 aromatic carbocycles. The lowest BCUT2D eigenvalue weighted by atomic mass is 10.1. The van der Waals surface area contributed by atoms with Crippen LogP contribution in [-0.2, 0) is 12.2 Å². The number of fused-ring (bicyclic) bond motifs is 1. The van der Waals surface area contributed by atoms with Gasteiger partial charge in [-0.2, -0.15) is 0 Å². The number of aryl methyl sites for hydroxylation is 1. The van der Waals surface area contributed by atoms with Crippen LogP contribution in [0.1, 0.15) is 24.1 Å². The number of nitrogens with one attached hydrogen (secondary N) is 3. The summed E-state index contributed by atoms with van der Waals surface area (Å²) in [5, 5.41) is 4.13. The second-order valence-corrected chi connectivity index (χ2v) is 6.69. The van der Waals surface area contributed by atoms with Gasteiger partial charge >= 0.3 is 0 Å². The Hall–Kier alpha value is -1.86. The molecule has 0 atom stereocenters. The number of aromatic nitrogens is 2. The van der Waals surface area contributed by atoms with E-state index in [0.29, 0.717) is 16.2 Å². The second-order valence-electron chi connectivity index (χ2n) is 5.26. The minimum atomic E-state index is -0.238. The van der Waals surface area contributed by atoms with Gasteiger partial charge in [0.1, 0.15) is 11.5 Å². The van der Waals surface area contributed by atoms with Crippen molar-refractivity contribution in [2.24, 2.45) is 0 Å². The van der Waals surface area contributed by atoms with E-state index in [4.69, 9.17) is 12.2 Å². The summed E-state index contributed by atoms with van der Waals surface area (Å²) in [6.45, 7) is 0. The molecule has 3 rings (SSSR count). The van der Waals surface area contributed by atoms with Crippen LogP contribution < -0.4 is 10.9 Å². The highest BCUT2D eigenvalue weighted by Gasteiger charge is 2.13. The van der Waals surface area contributed by atoms with Crippen molar-refractivity contribution in [3.8, 4) is 0 Å². The summed E-state index contributed by atoms with van der Waals surface area (Å²) in [6.07, 6.45) is 4.75. The molecule has 2 aromatic rings.